The second kappa shape index (κ2) is 5.64. The van der Waals surface area contributed by atoms with E-state index in [0.717, 1.165) is 5.01 Å². The van der Waals surface area contributed by atoms with Gasteiger partial charge in [0.25, 0.3) is 0 Å². The predicted molar refractivity (Wildman–Crippen MR) is 65.0 cm³/mol. The Hall–Kier alpha value is -1.38. The Morgan fingerprint density at radius 3 is 3.00 bits per heavy atom. The number of nitrogens with zero attached hydrogens (tertiary/aromatic N) is 1. The van der Waals surface area contributed by atoms with Crippen molar-refractivity contribution in [2.45, 2.75) is 19.4 Å². The minimum absolute atomic E-state index is 0.0875. The van der Waals surface area contributed by atoms with Gasteiger partial charge in [-0.15, -0.1) is 17.8 Å². The molecule has 1 aromatic heterocycles. The number of carbonyl (C=O) groups excluding carboxylic acids is 1. The molecule has 0 atom stereocenters. The van der Waals surface area contributed by atoms with Crippen LogP contribution < -0.4 is 10.6 Å². The Morgan fingerprint density at radius 1 is 1.69 bits per heavy atom. The molecule has 0 aliphatic carbocycles. The summed E-state index contributed by atoms with van der Waals surface area (Å²) in [4.78, 5) is 15.8. The molecule has 0 fully saturated rings. The van der Waals surface area contributed by atoms with Gasteiger partial charge in [0.2, 0.25) is 5.91 Å². The summed E-state index contributed by atoms with van der Waals surface area (Å²) in [5, 5.41) is 8.51. The highest BCUT2D eigenvalue weighted by Crippen LogP contribution is 2.21. The summed E-state index contributed by atoms with van der Waals surface area (Å²) >= 11 is 1.52. The zero-order valence-electron chi connectivity index (χ0n) is 9.41. The van der Waals surface area contributed by atoms with Gasteiger partial charge >= 0.3 is 0 Å². The lowest BCUT2D eigenvalue weighted by molar-refractivity contribution is -0.121. The van der Waals surface area contributed by atoms with Crippen LogP contribution in [0.25, 0.3) is 0 Å². The van der Waals surface area contributed by atoms with Crippen LogP contribution in [0.4, 0.5) is 0 Å². The molecule has 0 aliphatic heterocycles. The zero-order valence-corrected chi connectivity index (χ0v) is 10.2. The molecule has 5 heteroatoms. The number of terminal acetylenes is 1. The average Bonchev–Trinajstić information content (AvgIpc) is 2.70. The summed E-state index contributed by atoms with van der Waals surface area (Å²) in [7, 11) is 0. The highest BCUT2D eigenvalue weighted by Gasteiger charge is 2.24. The van der Waals surface area contributed by atoms with Gasteiger partial charge in [-0.2, -0.15) is 0 Å². The van der Waals surface area contributed by atoms with E-state index in [0.29, 0.717) is 6.54 Å². The van der Waals surface area contributed by atoms with Crippen molar-refractivity contribution in [2.75, 3.05) is 13.1 Å². The molecule has 86 valence electrons. The number of nitrogens with one attached hydrogen (secondary N) is 2. The van der Waals surface area contributed by atoms with Crippen molar-refractivity contribution in [3.63, 3.8) is 0 Å². The maximum Gasteiger partial charge on any atom is 0.234 e. The molecule has 0 spiro atoms. The smallest absolute Gasteiger partial charge is 0.234 e. The van der Waals surface area contributed by atoms with Crippen molar-refractivity contribution < 1.29 is 4.79 Å². The lowest BCUT2D eigenvalue weighted by Gasteiger charge is -2.23. The predicted octanol–water partition coefficient (Wildman–Crippen LogP) is 0.717. The largest absolute Gasteiger partial charge is 0.344 e. The lowest BCUT2D eigenvalue weighted by Crippen LogP contribution is -2.45. The van der Waals surface area contributed by atoms with Gasteiger partial charge in [-0.1, -0.05) is 5.92 Å². The Labute approximate surface area is 99.5 Å². The first-order chi connectivity index (χ1) is 7.56. The van der Waals surface area contributed by atoms with Crippen LogP contribution in [0, 0.1) is 12.3 Å². The fourth-order valence-corrected chi connectivity index (χ4v) is 1.94. The van der Waals surface area contributed by atoms with E-state index >= 15 is 0 Å². The third-order valence-corrected chi connectivity index (χ3v) is 3.03. The van der Waals surface area contributed by atoms with Crippen LogP contribution in [-0.4, -0.2) is 24.0 Å². The monoisotopic (exact) mass is 237 g/mol. The summed E-state index contributed by atoms with van der Waals surface area (Å²) in [6.07, 6.45) is 6.79. The molecule has 1 aromatic rings. The summed E-state index contributed by atoms with van der Waals surface area (Å²) in [5.74, 6) is 2.32. The van der Waals surface area contributed by atoms with E-state index in [1.807, 2.05) is 19.2 Å². The number of hydrogen-bond acceptors (Lipinski definition) is 4. The minimum atomic E-state index is -0.441. The molecule has 1 heterocycles. The van der Waals surface area contributed by atoms with Crippen LogP contribution in [0.5, 0.6) is 0 Å². The molecule has 2 N–H and O–H groups in total. The lowest BCUT2D eigenvalue weighted by atomic mass is 10.1. The standard InChI is InChI=1S/C11H15N3OS/c1-4-5-12-8-9(15)14-11(2,3)10-13-6-7-16-10/h1,6-7,12H,5,8H2,2-3H3,(H,14,15). The molecule has 0 unspecified atom stereocenters. The molecule has 1 rings (SSSR count). The van der Waals surface area contributed by atoms with Gasteiger partial charge in [0, 0.05) is 11.6 Å². The first kappa shape index (κ1) is 12.7. The van der Waals surface area contributed by atoms with E-state index < -0.39 is 5.54 Å². The summed E-state index contributed by atoms with van der Waals surface area (Å²) in [6.45, 7) is 4.46. The van der Waals surface area contributed by atoms with Gasteiger partial charge in [-0.25, -0.2) is 4.98 Å². The van der Waals surface area contributed by atoms with E-state index in [-0.39, 0.29) is 12.5 Å². The summed E-state index contributed by atoms with van der Waals surface area (Å²) in [6, 6.07) is 0. The second-order valence-electron chi connectivity index (χ2n) is 3.82. The van der Waals surface area contributed by atoms with Gasteiger partial charge < -0.3 is 5.32 Å². The van der Waals surface area contributed by atoms with Crippen LogP contribution in [-0.2, 0) is 10.3 Å². The molecule has 0 aromatic carbocycles. The van der Waals surface area contributed by atoms with Crippen LogP contribution in [0.1, 0.15) is 18.9 Å². The van der Waals surface area contributed by atoms with Crippen molar-refractivity contribution in [3.05, 3.63) is 16.6 Å². The van der Waals surface area contributed by atoms with E-state index in [4.69, 9.17) is 6.42 Å². The minimum Gasteiger partial charge on any atom is -0.344 e. The summed E-state index contributed by atoms with van der Waals surface area (Å²) in [5.41, 5.74) is -0.441. The van der Waals surface area contributed by atoms with E-state index in [2.05, 4.69) is 21.5 Å². The number of rotatable bonds is 5. The van der Waals surface area contributed by atoms with Crippen LogP contribution in [0.3, 0.4) is 0 Å². The van der Waals surface area contributed by atoms with Gasteiger partial charge in [-0.3, -0.25) is 10.1 Å². The molecule has 0 saturated heterocycles. The molecule has 0 saturated carbocycles. The quantitative estimate of drug-likeness (QED) is 0.586. The van der Waals surface area contributed by atoms with Crippen LogP contribution >= 0.6 is 11.3 Å². The Bertz CT molecular complexity index is 378. The van der Waals surface area contributed by atoms with Gasteiger partial charge in [0.15, 0.2) is 0 Å². The molecule has 4 nitrogen and oxygen atoms in total. The molecular weight excluding hydrogens is 222 g/mol. The number of carbonyl (C=O) groups is 1. The SMILES string of the molecule is C#CCNCC(=O)NC(C)(C)c1nccs1. The number of thiazole rings is 1. The van der Waals surface area contributed by atoms with Gasteiger partial charge in [0.05, 0.1) is 18.6 Å². The molecule has 1 amide bonds. The first-order valence-electron chi connectivity index (χ1n) is 4.91. The number of aromatic nitrogens is 1. The average molecular weight is 237 g/mol. The Morgan fingerprint density at radius 2 is 2.44 bits per heavy atom. The fraction of sp³-hybridized carbons (Fsp3) is 0.455. The zero-order chi connectivity index (χ0) is 12.0. The van der Waals surface area contributed by atoms with E-state index in [1.165, 1.54) is 11.3 Å². The fourth-order valence-electron chi connectivity index (χ4n) is 1.23. The molecular formula is C11H15N3OS. The van der Waals surface area contributed by atoms with Crippen molar-refractivity contribution >= 4 is 17.2 Å². The highest BCUT2D eigenvalue weighted by molar-refractivity contribution is 7.09. The Kier molecular flexibility index (Phi) is 4.47. The molecule has 16 heavy (non-hydrogen) atoms. The normalized spacial score (nSPS) is 10.8. The summed E-state index contributed by atoms with van der Waals surface area (Å²) < 4.78 is 0. The van der Waals surface area contributed by atoms with Crippen molar-refractivity contribution in [1.29, 1.82) is 0 Å². The van der Waals surface area contributed by atoms with Gasteiger partial charge in [-0.05, 0) is 13.8 Å². The maximum absolute atomic E-state index is 11.6. The third kappa shape index (κ3) is 3.65. The Balaban J connectivity index is 2.47. The highest BCUT2D eigenvalue weighted by atomic mass is 32.1. The van der Waals surface area contributed by atoms with E-state index in [9.17, 15) is 4.79 Å². The maximum atomic E-state index is 11.6. The first-order valence-corrected chi connectivity index (χ1v) is 5.79. The molecule has 0 aliphatic rings. The van der Waals surface area contributed by atoms with Crippen LogP contribution in [0.15, 0.2) is 11.6 Å². The number of hydrogen-bond donors (Lipinski definition) is 2. The van der Waals surface area contributed by atoms with Crippen molar-refractivity contribution in [2.24, 2.45) is 0 Å². The molecule has 0 bridgehead atoms. The van der Waals surface area contributed by atoms with E-state index in [1.54, 1.807) is 6.20 Å². The second-order valence-corrected chi connectivity index (χ2v) is 4.71. The van der Waals surface area contributed by atoms with Crippen molar-refractivity contribution in [1.82, 2.24) is 15.6 Å². The third-order valence-electron chi connectivity index (χ3n) is 1.93. The number of amides is 1. The topological polar surface area (TPSA) is 54.0 Å². The van der Waals surface area contributed by atoms with Crippen LogP contribution in [0.2, 0.25) is 0 Å². The molecule has 0 radical (unpaired) electrons. The van der Waals surface area contributed by atoms with Gasteiger partial charge in [0.1, 0.15) is 5.01 Å². The van der Waals surface area contributed by atoms with Crippen molar-refractivity contribution in [3.8, 4) is 12.3 Å².